The molecule has 0 saturated heterocycles. The van der Waals surface area contributed by atoms with Gasteiger partial charge in [0.2, 0.25) is 0 Å². The van der Waals surface area contributed by atoms with Crippen molar-refractivity contribution in [1.82, 2.24) is 4.90 Å². The fraction of sp³-hybridized carbons (Fsp3) is 0.800. The van der Waals surface area contributed by atoms with Crippen molar-refractivity contribution in [1.29, 1.82) is 0 Å². The van der Waals surface area contributed by atoms with Gasteiger partial charge in [-0.3, -0.25) is 4.79 Å². The molecule has 0 aliphatic rings. The summed E-state index contributed by atoms with van der Waals surface area (Å²) in [6.45, 7) is -1.66. The molecule has 0 aromatic heterocycles. The summed E-state index contributed by atoms with van der Waals surface area (Å²) in [6, 6.07) is 0. The van der Waals surface area contributed by atoms with Crippen molar-refractivity contribution in [3.05, 3.63) is 0 Å². The maximum atomic E-state index is 11.5. The Morgan fingerprint density at radius 3 is 2.08 bits per heavy atom. The first-order chi connectivity index (χ1) is 5.24. The number of carbonyl (C=O) groups excluding carboxylic acids is 1. The van der Waals surface area contributed by atoms with Crippen molar-refractivity contribution in [2.24, 2.45) is 0 Å². The van der Waals surface area contributed by atoms with Gasteiger partial charge < -0.3 is 4.90 Å². The smallest absolute Gasteiger partial charge is 0.332 e. The summed E-state index contributed by atoms with van der Waals surface area (Å²) < 4.78 is 57.5. The lowest BCUT2D eigenvalue weighted by Gasteiger charge is -2.17. The van der Waals surface area contributed by atoms with Crippen LogP contribution in [0.15, 0.2) is 0 Å². The molecule has 0 spiro atoms. The highest BCUT2D eigenvalue weighted by atomic mass is 19.4. The van der Waals surface area contributed by atoms with Crippen LogP contribution in [0.2, 0.25) is 0 Å². The first-order valence-electron chi connectivity index (χ1n) is 2.84. The van der Waals surface area contributed by atoms with Gasteiger partial charge in [-0.15, -0.1) is 0 Å². The Morgan fingerprint density at radius 1 is 1.42 bits per heavy atom. The average Bonchev–Trinajstić information content (AvgIpc) is 1.82. The zero-order chi connectivity index (χ0) is 9.94. The molecule has 0 rings (SSSR count). The van der Waals surface area contributed by atoms with Crippen LogP contribution in [-0.2, 0) is 4.79 Å². The third kappa shape index (κ3) is 4.09. The van der Waals surface area contributed by atoms with Gasteiger partial charge in [0.05, 0.1) is 0 Å². The standard InChI is InChI=1S/C5H6F5NO/c1-11(2-5(8,9)10)4(12)3(6)7/h3H,2H2,1H3. The highest BCUT2D eigenvalue weighted by Gasteiger charge is 2.33. The zero-order valence-electron chi connectivity index (χ0n) is 6.03. The van der Waals surface area contributed by atoms with Crippen LogP contribution < -0.4 is 0 Å². The molecule has 2 nitrogen and oxygen atoms in total. The van der Waals surface area contributed by atoms with Crippen LogP contribution in [0.1, 0.15) is 0 Å². The molecule has 12 heavy (non-hydrogen) atoms. The van der Waals surface area contributed by atoms with Crippen molar-refractivity contribution < 1.29 is 26.7 Å². The summed E-state index contributed by atoms with van der Waals surface area (Å²) in [5.41, 5.74) is 0. The van der Waals surface area contributed by atoms with Crippen molar-refractivity contribution in [2.45, 2.75) is 12.6 Å². The third-order valence-electron chi connectivity index (χ3n) is 0.979. The van der Waals surface area contributed by atoms with E-state index >= 15 is 0 Å². The molecule has 0 saturated carbocycles. The highest BCUT2D eigenvalue weighted by molar-refractivity contribution is 5.79. The molecule has 72 valence electrons. The van der Waals surface area contributed by atoms with E-state index in [1.807, 2.05) is 0 Å². The second-order valence-corrected chi connectivity index (χ2v) is 2.11. The van der Waals surface area contributed by atoms with Gasteiger partial charge in [0, 0.05) is 7.05 Å². The zero-order valence-corrected chi connectivity index (χ0v) is 6.03. The highest BCUT2D eigenvalue weighted by Crippen LogP contribution is 2.16. The Morgan fingerprint density at radius 2 is 1.83 bits per heavy atom. The van der Waals surface area contributed by atoms with Gasteiger partial charge in [0.15, 0.2) is 0 Å². The quantitative estimate of drug-likeness (QED) is 0.602. The van der Waals surface area contributed by atoms with E-state index in [0.717, 1.165) is 0 Å². The van der Waals surface area contributed by atoms with Gasteiger partial charge in [0.25, 0.3) is 5.91 Å². The van der Waals surface area contributed by atoms with Crippen LogP contribution in [0.4, 0.5) is 22.0 Å². The minimum atomic E-state index is -4.64. The van der Waals surface area contributed by atoms with E-state index in [4.69, 9.17) is 0 Å². The molecule has 0 aliphatic carbocycles. The van der Waals surface area contributed by atoms with E-state index in [0.29, 0.717) is 7.05 Å². The van der Waals surface area contributed by atoms with Gasteiger partial charge in [-0.05, 0) is 0 Å². The third-order valence-corrected chi connectivity index (χ3v) is 0.979. The monoisotopic (exact) mass is 191 g/mol. The number of rotatable bonds is 2. The normalized spacial score (nSPS) is 11.9. The largest absolute Gasteiger partial charge is 0.406 e. The van der Waals surface area contributed by atoms with E-state index in [2.05, 4.69) is 0 Å². The summed E-state index contributed by atoms with van der Waals surface area (Å²) >= 11 is 0. The Balaban J connectivity index is 4.05. The molecule has 1 amide bonds. The van der Waals surface area contributed by atoms with Gasteiger partial charge in [-0.25, -0.2) is 0 Å². The molecule has 0 fully saturated rings. The number of nitrogens with zero attached hydrogens (tertiary/aromatic N) is 1. The minimum Gasteiger partial charge on any atom is -0.332 e. The molecular formula is C5H6F5NO. The van der Waals surface area contributed by atoms with Gasteiger partial charge >= 0.3 is 12.6 Å². The van der Waals surface area contributed by atoms with Crippen LogP contribution in [0.3, 0.4) is 0 Å². The van der Waals surface area contributed by atoms with E-state index < -0.39 is 25.1 Å². The van der Waals surface area contributed by atoms with Gasteiger partial charge in [-0.1, -0.05) is 0 Å². The molecule has 7 heteroatoms. The van der Waals surface area contributed by atoms with Crippen molar-refractivity contribution in [3.63, 3.8) is 0 Å². The lowest BCUT2D eigenvalue weighted by atomic mass is 10.5. The molecule has 0 heterocycles. The predicted octanol–water partition coefficient (Wildman–Crippen LogP) is 1.27. The number of amides is 1. The van der Waals surface area contributed by atoms with Crippen LogP contribution in [0.25, 0.3) is 0 Å². The lowest BCUT2D eigenvalue weighted by Crippen LogP contribution is -2.39. The molecule has 0 radical (unpaired) electrons. The lowest BCUT2D eigenvalue weighted by molar-refractivity contribution is -0.165. The fourth-order valence-corrected chi connectivity index (χ4v) is 0.513. The van der Waals surface area contributed by atoms with Crippen LogP contribution in [0.5, 0.6) is 0 Å². The second kappa shape index (κ2) is 3.68. The van der Waals surface area contributed by atoms with Crippen molar-refractivity contribution in [2.75, 3.05) is 13.6 Å². The summed E-state index contributed by atoms with van der Waals surface area (Å²) in [5, 5.41) is 0. The van der Waals surface area contributed by atoms with Crippen LogP contribution in [0, 0.1) is 0 Å². The Bertz CT molecular complexity index is 166. The number of alkyl halides is 5. The predicted molar refractivity (Wildman–Crippen MR) is 29.7 cm³/mol. The number of carbonyl (C=O) groups is 1. The molecular weight excluding hydrogens is 185 g/mol. The molecule has 0 atom stereocenters. The van der Waals surface area contributed by atoms with Crippen LogP contribution >= 0.6 is 0 Å². The summed E-state index contributed by atoms with van der Waals surface area (Å²) in [5.74, 6) is -1.83. The van der Waals surface area contributed by atoms with Crippen molar-refractivity contribution >= 4 is 5.91 Å². The summed E-state index contributed by atoms with van der Waals surface area (Å²) in [7, 11) is 0.669. The Kier molecular flexibility index (Phi) is 3.41. The van der Waals surface area contributed by atoms with Crippen molar-refractivity contribution in [3.8, 4) is 0 Å². The SMILES string of the molecule is CN(CC(F)(F)F)C(=O)C(F)F. The molecule has 0 aromatic carbocycles. The number of halogens is 5. The van der Waals surface area contributed by atoms with Gasteiger partial charge in [0.1, 0.15) is 6.54 Å². The number of hydrogen-bond donors (Lipinski definition) is 0. The summed E-state index contributed by atoms with van der Waals surface area (Å²) in [4.78, 5) is 10.1. The second-order valence-electron chi connectivity index (χ2n) is 2.11. The van der Waals surface area contributed by atoms with E-state index in [1.54, 1.807) is 0 Å². The van der Waals surface area contributed by atoms with E-state index in [1.165, 1.54) is 0 Å². The first kappa shape index (κ1) is 11.1. The van der Waals surface area contributed by atoms with E-state index in [-0.39, 0.29) is 4.90 Å². The molecule has 0 bridgehead atoms. The Hall–Kier alpha value is -0.880. The maximum Gasteiger partial charge on any atom is 0.406 e. The van der Waals surface area contributed by atoms with E-state index in [9.17, 15) is 26.7 Å². The minimum absolute atomic E-state index is 0.0648. The maximum absolute atomic E-state index is 11.5. The average molecular weight is 191 g/mol. The first-order valence-corrected chi connectivity index (χ1v) is 2.84. The summed E-state index contributed by atoms with van der Waals surface area (Å²) in [6.07, 6.45) is -8.03. The molecule has 0 aliphatic heterocycles. The number of hydrogen-bond acceptors (Lipinski definition) is 1. The molecule has 0 aromatic rings. The van der Waals surface area contributed by atoms with Crippen LogP contribution in [-0.4, -0.2) is 37.0 Å². The van der Waals surface area contributed by atoms with Gasteiger partial charge in [-0.2, -0.15) is 22.0 Å². The molecule has 0 unspecified atom stereocenters. The Labute approximate surface area is 64.9 Å². The topological polar surface area (TPSA) is 20.3 Å². The fourth-order valence-electron chi connectivity index (χ4n) is 0.513. The molecule has 0 N–H and O–H groups in total.